The number of carbonyl (C=O) groups is 1. The Morgan fingerprint density at radius 1 is 1.23 bits per heavy atom. The van der Waals surface area contributed by atoms with Crippen LogP contribution in [-0.4, -0.2) is 36.5 Å². The van der Waals surface area contributed by atoms with Crippen molar-refractivity contribution in [2.75, 3.05) is 14.2 Å². The largest absolute Gasteiger partial charge is 0.493 e. The molecule has 0 saturated carbocycles. The molecule has 0 bridgehead atoms. The number of aromatic amines is 1. The standard InChI is InChI=1S/C17H15ClN4O3S/c1-24-13-4-3-10(7-14(13)25-2)9-19-22-17(23)12-8-11(20-21-12)15-5-6-16(18)26-15/h3-9H,1-2H3,(H,20,21)(H,22,23)/b19-9+. The SMILES string of the molecule is COc1ccc(/C=N/NC(=O)c2cc(-c3ccc(Cl)s3)[nH]n2)cc1OC. The van der Waals surface area contributed by atoms with Crippen LogP contribution >= 0.6 is 22.9 Å². The first kappa shape index (κ1) is 18.0. The van der Waals surface area contributed by atoms with Crippen molar-refractivity contribution in [3.63, 3.8) is 0 Å². The highest BCUT2D eigenvalue weighted by Gasteiger charge is 2.12. The summed E-state index contributed by atoms with van der Waals surface area (Å²) < 4.78 is 11.1. The molecule has 3 rings (SSSR count). The predicted molar refractivity (Wildman–Crippen MR) is 102 cm³/mol. The van der Waals surface area contributed by atoms with Gasteiger partial charge in [-0.2, -0.15) is 10.2 Å². The molecule has 134 valence electrons. The fourth-order valence-corrected chi connectivity index (χ4v) is 3.19. The topological polar surface area (TPSA) is 88.6 Å². The molecule has 2 heterocycles. The number of halogens is 1. The number of rotatable bonds is 6. The molecule has 1 amide bonds. The number of ether oxygens (including phenoxy) is 2. The fraction of sp³-hybridized carbons (Fsp3) is 0.118. The van der Waals surface area contributed by atoms with E-state index in [4.69, 9.17) is 21.1 Å². The van der Waals surface area contributed by atoms with Gasteiger partial charge in [0.25, 0.3) is 5.91 Å². The molecule has 2 N–H and O–H groups in total. The van der Waals surface area contributed by atoms with Crippen LogP contribution in [-0.2, 0) is 0 Å². The van der Waals surface area contributed by atoms with Crippen LogP contribution in [0, 0.1) is 0 Å². The van der Waals surface area contributed by atoms with Crippen molar-refractivity contribution in [1.82, 2.24) is 15.6 Å². The van der Waals surface area contributed by atoms with Crippen molar-refractivity contribution < 1.29 is 14.3 Å². The molecule has 26 heavy (non-hydrogen) atoms. The lowest BCUT2D eigenvalue weighted by molar-refractivity contribution is 0.0950. The van der Waals surface area contributed by atoms with E-state index < -0.39 is 5.91 Å². The minimum atomic E-state index is -0.424. The summed E-state index contributed by atoms with van der Waals surface area (Å²) in [5.74, 6) is 0.771. The maximum absolute atomic E-state index is 12.1. The van der Waals surface area contributed by atoms with E-state index in [0.717, 1.165) is 16.1 Å². The van der Waals surface area contributed by atoms with E-state index in [9.17, 15) is 4.79 Å². The molecule has 0 atom stereocenters. The lowest BCUT2D eigenvalue weighted by Crippen LogP contribution is -2.18. The Morgan fingerprint density at radius 2 is 2.04 bits per heavy atom. The summed E-state index contributed by atoms with van der Waals surface area (Å²) in [7, 11) is 3.12. The van der Waals surface area contributed by atoms with Crippen molar-refractivity contribution >= 4 is 35.1 Å². The Labute approximate surface area is 158 Å². The minimum Gasteiger partial charge on any atom is -0.493 e. The van der Waals surface area contributed by atoms with Gasteiger partial charge in [0.2, 0.25) is 0 Å². The van der Waals surface area contributed by atoms with E-state index in [1.807, 2.05) is 6.07 Å². The lowest BCUT2D eigenvalue weighted by Gasteiger charge is -2.07. The summed E-state index contributed by atoms with van der Waals surface area (Å²) >= 11 is 7.31. The highest BCUT2D eigenvalue weighted by atomic mass is 35.5. The number of hydrogen-bond donors (Lipinski definition) is 2. The second kappa shape index (κ2) is 8.03. The maximum Gasteiger partial charge on any atom is 0.291 e. The Balaban J connectivity index is 1.65. The van der Waals surface area contributed by atoms with Gasteiger partial charge in [0, 0.05) is 0 Å². The number of thiophene rings is 1. The molecular formula is C17H15ClN4O3S. The number of nitrogens with zero attached hydrogens (tertiary/aromatic N) is 2. The van der Waals surface area contributed by atoms with E-state index in [1.165, 1.54) is 17.6 Å². The molecule has 0 spiro atoms. The zero-order chi connectivity index (χ0) is 18.5. The summed E-state index contributed by atoms with van der Waals surface area (Å²) in [6.07, 6.45) is 1.51. The van der Waals surface area contributed by atoms with Crippen LogP contribution in [0.2, 0.25) is 4.34 Å². The summed E-state index contributed by atoms with van der Waals surface area (Å²) in [6.45, 7) is 0. The van der Waals surface area contributed by atoms with Crippen LogP contribution in [0.15, 0.2) is 41.5 Å². The van der Waals surface area contributed by atoms with Gasteiger partial charge < -0.3 is 9.47 Å². The van der Waals surface area contributed by atoms with Gasteiger partial charge in [-0.25, -0.2) is 5.43 Å². The Morgan fingerprint density at radius 3 is 2.73 bits per heavy atom. The molecule has 0 aliphatic carbocycles. The predicted octanol–water partition coefficient (Wildman–Crippen LogP) is 3.57. The number of benzene rings is 1. The highest BCUT2D eigenvalue weighted by molar-refractivity contribution is 7.19. The van der Waals surface area contributed by atoms with E-state index in [2.05, 4.69) is 20.7 Å². The summed E-state index contributed by atoms with van der Waals surface area (Å²) in [5.41, 5.74) is 4.13. The van der Waals surface area contributed by atoms with Gasteiger partial charge in [-0.05, 0) is 42.0 Å². The lowest BCUT2D eigenvalue weighted by atomic mass is 10.2. The summed E-state index contributed by atoms with van der Waals surface area (Å²) in [5, 5.41) is 10.7. The molecule has 7 nitrogen and oxygen atoms in total. The van der Waals surface area contributed by atoms with Crippen molar-refractivity contribution in [3.05, 3.63) is 52.0 Å². The first-order valence-electron chi connectivity index (χ1n) is 7.47. The highest BCUT2D eigenvalue weighted by Crippen LogP contribution is 2.30. The summed E-state index contributed by atoms with van der Waals surface area (Å²) in [6, 6.07) is 10.6. The average molecular weight is 391 g/mol. The molecule has 2 aromatic heterocycles. The minimum absolute atomic E-state index is 0.231. The van der Waals surface area contributed by atoms with E-state index in [-0.39, 0.29) is 5.69 Å². The van der Waals surface area contributed by atoms with Crippen LogP contribution in [0.1, 0.15) is 16.1 Å². The average Bonchev–Trinajstić information content (AvgIpc) is 3.30. The van der Waals surface area contributed by atoms with E-state index >= 15 is 0 Å². The third-order valence-corrected chi connectivity index (χ3v) is 4.70. The number of methoxy groups -OCH3 is 2. The summed E-state index contributed by atoms with van der Waals surface area (Å²) in [4.78, 5) is 13.0. The van der Waals surface area contributed by atoms with Gasteiger partial charge in [-0.1, -0.05) is 11.6 Å². The molecule has 3 aromatic rings. The van der Waals surface area contributed by atoms with Gasteiger partial charge in [0.15, 0.2) is 17.2 Å². The van der Waals surface area contributed by atoms with Crippen molar-refractivity contribution in [2.45, 2.75) is 0 Å². The number of hydrogen-bond acceptors (Lipinski definition) is 6. The second-order valence-electron chi connectivity index (χ2n) is 5.08. The van der Waals surface area contributed by atoms with E-state index in [1.54, 1.807) is 44.6 Å². The monoisotopic (exact) mass is 390 g/mol. The molecule has 0 aliphatic heterocycles. The quantitative estimate of drug-likeness (QED) is 0.497. The molecule has 0 radical (unpaired) electrons. The number of H-pyrrole nitrogens is 1. The third-order valence-electron chi connectivity index (χ3n) is 3.44. The number of nitrogens with one attached hydrogen (secondary N) is 2. The van der Waals surface area contributed by atoms with Crippen LogP contribution in [0.3, 0.4) is 0 Å². The molecule has 0 unspecified atom stereocenters. The van der Waals surface area contributed by atoms with Crippen LogP contribution < -0.4 is 14.9 Å². The van der Waals surface area contributed by atoms with Gasteiger partial charge in [0.1, 0.15) is 0 Å². The van der Waals surface area contributed by atoms with Crippen molar-refractivity contribution in [2.24, 2.45) is 5.10 Å². The number of carbonyl (C=O) groups excluding carboxylic acids is 1. The van der Waals surface area contributed by atoms with Crippen LogP contribution in [0.5, 0.6) is 11.5 Å². The second-order valence-corrected chi connectivity index (χ2v) is 6.80. The molecule has 0 saturated heterocycles. The number of hydrazone groups is 1. The number of aromatic nitrogens is 2. The fourth-order valence-electron chi connectivity index (χ4n) is 2.18. The van der Waals surface area contributed by atoms with Crippen molar-refractivity contribution in [3.8, 4) is 22.1 Å². The third kappa shape index (κ3) is 4.04. The first-order valence-corrected chi connectivity index (χ1v) is 8.66. The zero-order valence-corrected chi connectivity index (χ0v) is 15.5. The molecule has 0 aliphatic rings. The smallest absolute Gasteiger partial charge is 0.291 e. The van der Waals surface area contributed by atoms with Gasteiger partial charge >= 0.3 is 0 Å². The van der Waals surface area contributed by atoms with Gasteiger partial charge in [-0.15, -0.1) is 11.3 Å². The zero-order valence-electron chi connectivity index (χ0n) is 13.9. The van der Waals surface area contributed by atoms with Crippen LogP contribution in [0.4, 0.5) is 0 Å². The molecule has 9 heteroatoms. The first-order chi connectivity index (χ1) is 12.6. The number of amides is 1. The normalized spacial score (nSPS) is 10.9. The van der Waals surface area contributed by atoms with Gasteiger partial charge in [0.05, 0.1) is 35.3 Å². The maximum atomic E-state index is 12.1. The Hall–Kier alpha value is -2.84. The molecule has 0 fully saturated rings. The molecular weight excluding hydrogens is 376 g/mol. The van der Waals surface area contributed by atoms with E-state index in [0.29, 0.717) is 15.8 Å². The van der Waals surface area contributed by atoms with Crippen LogP contribution in [0.25, 0.3) is 10.6 Å². The Bertz CT molecular complexity index is 951. The van der Waals surface area contributed by atoms with Crippen molar-refractivity contribution in [1.29, 1.82) is 0 Å². The Kier molecular flexibility index (Phi) is 5.55. The van der Waals surface area contributed by atoms with Gasteiger partial charge in [-0.3, -0.25) is 9.89 Å². The molecule has 1 aromatic carbocycles.